The van der Waals surface area contributed by atoms with Crippen LogP contribution in [0.1, 0.15) is 18.9 Å². The Morgan fingerprint density at radius 1 is 0.906 bits per heavy atom. The number of hydrogen-bond donors (Lipinski definition) is 1. The highest BCUT2D eigenvalue weighted by Crippen LogP contribution is 2.35. The van der Waals surface area contributed by atoms with Crippen LogP contribution in [0.25, 0.3) is 5.57 Å². The van der Waals surface area contributed by atoms with Crippen LogP contribution < -0.4 is 19.5 Å². The molecular formula is C24H28N2O6. The zero-order valence-corrected chi connectivity index (χ0v) is 18.8. The number of ether oxygens (including phenoxy) is 4. The zero-order chi connectivity index (χ0) is 23.1. The Labute approximate surface area is 187 Å². The van der Waals surface area contributed by atoms with E-state index in [0.717, 1.165) is 0 Å². The van der Waals surface area contributed by atoms with Crippen molar-refractivity contribution in [2.24, 2.45) is 0 Å². The van der Waals surface area contributed by atoms with Crippen LogP contribution in [0.15, 0.2) is 48.2 Å². The summed E-state index contributed by atoms with van der Waals surface area (Å²) in [6, 6.07) is 12.3. The van der Waals surface area contributed by atoms with E-state index in [9.17, 15) is 9.59 Å². The molecule has 0 bridgehead atoms. The maximum atomic E-state index is 13.3. The number of nitrogens with one attached hydrogen (secondary N) is 1. The summed E-state index contributed by atoms with van der Waals surface area (Å²) >= 11 is 0. The highest BCUT2D eigenvalue weighted by molar-refractivity contribution is 6.36. The number of carbonyl (C=O) groups is 2. The van der Waals surface area contributed by atoms with Gasteiger partial charge in [-0.2, -0.15) is 0 Å². The maximum absolute atomic E-state index is 13.3. The van der Waals surface area contributed by atoms with Crippen LogP contribution in [0.3, 0.4) is 0 Å². The van der Waals surface area contributed by atoms with E-state index in [1.807, 2.05) is 6.92 Å². The fraction of sp³-hybridized carbons (Fsp3) is 0.333. The van der Waals surface area contributed by atoms with Crippen molar-refractivity contribution in [1.82, 2.24) is 4.90 Å². The van der Waals surface area contributed by atoms with Gasteiger partial charge in [-0.15, -0.1) is 0 Å². The van der Waals surface area contributed by atoms with Crippen molar-refractivity contribution in [2.45, 2.75) is 13.3 Å². The second kappa shape index (κ2) is 10.7. The van der Waals surface area contributed by atoms with E-state index in [1.54, 1.807) is 56.7 Å². The first kappa shape index (κ1) is 23.1. The molecule has 2 amide bonds. The molecule has 1 N–H and O–H groups in total. The predicted octanol–water partition coefficient (Wildman–Crippen LogP) is 3.33. The average Bonchev–Trinajstić information content (AvgIpc) is 3.04. The average molecular weight is 440 g/mol. The molecular weight excluding hydrogens is 412 g/mol. The molecule has 0 atom stereocenters. The number of nitrogens with zero attached hydrogens (tertiary/aromatic N) is 1. The summed E-state index contributed by atoms with van der Waals surface area (Å²) in [7, 11) is 4.67. The Morgan fingerprint density at radius 2 is 1.62 bits per heavy atom. The third-order valence-electron chi connectivity index (χ3n) is 5.02. The first-order valence-corrected chi connectivity index (χ1v) is 10.4. The van der Waals surface area contributed by atoms with Crippen LogP contribution in [-0.2, 0) is 14.3 Å². The lowest BCUT2D eigenvalue weighted by Gasteiger charge is -2.16. The van der Waals surface area contributed by atoms with E-state index in [2.05, 4.69) is 5.32 Å². The highest BCUT2D eigenvalue weighted by Gasteiger charge is 2.39. The van der Waals surface area contributed by atoms with E-state index >= 15 is 0 Å². The van der Waals surface area contributed by atoms with E-state index in [-0.39, 0.29) is 18.1 Å². The van der Waals surface area contributed by atoms with Gasteiger partial charge in [-0.25, -0.2) is 0 Å². The summed E-state index contributed by atoms with van der Waals surface area (Å²) in [5.74, 6) is 1.03. The van der Waals surface area contributed by atoms with Crippen molar-refractivity contribution >= 4 is 23.1 Å². The van der Waals surface area contributed by atoms with Crippen LogP contribution in [0.5, 0.6) is 17.2 Å². The lowest BCUT2D eigenvalue weighted by molar-refractivity contribution is -0.136. The van der Waals surface area contributed by atoms with Crippen molar-refractivity contribution in [3.8, 4) is 17.2 Å². The number of carbonyl (C=O) groups excluding carboxylic acids is 2. The van der Waals surface area contributed by atoms with Crippen molar-refractivity contribution in [1.29, 1.82) is 0 Å². The summed E-state index contributed by atoms with van der Waals surface area (Å²) in [6.45, 7) is 3.14. The molecule has 2 aromatic rings. The molecule has 0 aliphatic carbocycles. The van der Waals surface area contributed by atoms with Crippen molar-refractivity contribution < 1.29 is 28.5 Å². The van der Waals surface area contributed by atoms with Gasteiger partial charge in [0.25, 0.3) is 11.8 Å². The molecule has 1 heterocycles. The van der Waals surface area contributed by atoms with E-state index in [4.69, 9.17) is 18.9 Å². The molecule has 2 aromatic carbocycles. The van der Waals surface area contributed by atoms with Gasteiger partial charge in [-0.3, -0.25) is 14.5 Å². The normalized spacial score (nSPS) is 13.6. The van der Waals surface area contributed by atoms with Gasteiger partial charge in [0.15, 0.2) is 0 Å². The molecule has 8 nitrogen and oxygen atoms in total. The second-order valence-corrected chi connectivity index (χ2v) is 7.01. The maximum Gasteiger partial charge on any atom is 0.278 e. The fourth-order valence-corrected chi connectivity index (χ4v) is 3.46. The van der Waals surface area contributed by atoms with E-state index in [0.29, 0.717) is 53.7 Å². The summed E-state index contributed by atoms with van der Waals surface area (Å²) in [6.07, 6.45) is 0.542. The molecule has 0 spiro atoms. The second-order valence-electron chi connectivity index (χ2n) is 7.01. The molecule has 170 valence electrons. The summed E-state index contributed by atoms with van der Waals surface area (Å²) < 4.78 is 21.3. The third-order valence-corrected chi connectivity index (χ3v) is 5.02. The van der Waals surface area contributed by atoms with Crippen LogP contribution in [0.2, 0.25) is 0 Å². The quantitative estimate of drug-likeness (QED) is 0.424. The number of amides is 2. The molecule has 0 aromatic heterocycles. The fourth-order valence-electron chi connectivity index (χ4n) is 3.46. The largest absolute Gasteiger partial charge is 0.497 e. The minimum Gasteiger partial charge on any atom is -0.497 e. The van der Waals surface area contributed by atoms with Crippen LogP contribution in [-0.4, -0.2) is 57.8 Å². The van der Waals surface area contributed by atoms with Crippen molar-refractivity contribution in [2.75, 3.05) is 46.4 Å². The number of anilines is 1. The Balaban J connectivity index is 2.03. The van der Waals surface area contributed by atoms with Gasteiger partial charge in [-0.1, -0.05) is 12.1 Å². The molecule has 1 aliphatic heterocycles. The van der Waals surface area contributed by atoms with Gasteiger partial charge in [0.05, 0.1) is 32.1 Å². The number of imide groups is 1. The van der Waals surface area contributed by atoms with Gasteiger partial charge < -0.3 is 24.3 Å². The number of methoxy groups -OCH3 is 3. The van der Waals surface area contributed by atoms with Crippen molar-refractivity contribution in [3.63, 3.8) is 0 Å². The summed E-state index contributed by atoms with van der Waals surface area (Å²) in [4.78, 5) is 27.8. The van der Waals surface area contributed by atoms with E-state index < -0.39 is 5.91 Å². The molecule has 32 heavy (non-hydrogen) atoms. The minimum absolute atomic E-state index is 0.183. The van der Waals surface area contributed by atoms with Gasteiger partial charge in [0, 0.05) is 26.3 Å². The van der Waals surface area contributed by atoms with Gasteiger partial charge in [0.2, 0.25) is 0 Å². The number of hydrogen-bond acceptors (Lipinski definition) is 7. The molecule has 0 radical (unpaired) electrons. The lowest BCUT2D eigenvalue weighted by atomic mass is 10.0. The van der Waals surface area contributed by atoms with Crippen LogP contribution >= 0.6 is 0 Å². The van der Waals surface area contributed by atoms with Crippen LogP contribution in [0, 0.1) is 0 Å². The van der Waals surface area contributed by atoms with Gasteiger partial charge in [0.1, 0.15) is 22.9 Å². The SMILES string of the molecule is CCOc1ccc(C2=C(Nc3cc(OC)ccc3OC)C(=O)N(CCCOC)C2=O)cc1. The van der Waals surface area contributed by atoms with Crippen LogP contribution in [0.4, 0.5) is 5.69 Å². The Hall–Kier alpha value is -3.52. The number of benzene rings is 2. The topological polar surface area (TPSA) is 86.3 Å². The van der Waals surface area contributed by atoms with Gasteiger partial charge >= 0.3 is 0 Å². The molecule has 0 fully saturated rings. The predicted molar refractivity (Wildman–Crippen MR) is 121 cm³/mol. The summed E-state index contributed by atoms with van der Waals surface area (Å²) in [5.41, 5.74) is 1.61. The minimum atomic E-state index is -0.403. The molecule has 0 saturated heterocycles. The third kappa shape index (κ3) is 4.86. The smallest absolute Gasteiger partial charge is 0.278 e. The van der Waals surface area contributed by atoms with Crippen molar-refractivity contribution in [3.05, 3.63) is 53.7 Å². The lowest BCUT2D eigenvalue weighted by Crippen LogP contribution is -2.33. The molecule has 0 saturated carbocycles. The molecule has 3 rings (SSSR count). The summed E-state index contributed by atoms with van der Waals surface area (Å²) in [5, 5.41) is 3.12. The molecule has 8 heteroatoms. The van der Waals surface area contributed by atoms with Gasteiger partial charge in [-0.05, 0) is 43.2 Å². The Kier molecular flexibility index (Phi) is 7.72. The monoisotopic (exact) mass is 440 g/mol. The zero-order valence-electron chi connectivity index (χ0n) is 18.8. The molecule has 1 aliphatic rings. The molecule has 0 unspecified atom stereocenters. The first-order chi connectivity index (χ1) is 15.5. The highest BCUT2D eigenvalue weighted by atomic mass is 16.5. The number of rotatable bonds is 11. The van der Waals surface area contributed by atoms with E-state index in [1.165, 1.54) is 12.0 Å². The Bertz CT molecular complexity index is 1000. The Morgan fingerprint density at radius 3 is 2.25 bits per heavy atom. The first-order valence-electron chi connectivity index (χ1n) is 10.4. The standard InChI is InChI=1S/C24H28N2O6/c1-5-32-17-9-7-16(8-10-17)21-22(24(28)26(23(21)27)13-6-14-29-2)25-19-15-18(30-3)11-12-20(19)31-4/h7-12,15,25H,5-6,13-14H2,1-4H3.